The van der Waals surface area contributed by atoms with Crippen molar-refractivity contribution in [3.63, 3.8) is 0 Å². The zero-order chi connectivity index (χ0) is 11.1. The van der Waals surface area contributed by atoms with E-state index in [4.69, 9.17) is 9.84 Å². The minimum atomic E-state index is -0.380. The Morgan fingerprint density at radius 2 is 2.14 bits per heavy atom. The van der Waals surface area contributed by atoms with Gasteiger partial charge in [0.1, 0.15) is 6.61 Å². The second-order valence-corrected chi connectivity index (χ2v) is 3.51. The van der Waals surface area contributed by atoms with E-state index in [-0.39, 0.29) is 18.6 Å². The Balaban J connectivity index is 3.93. The van der Waals surface area contributed by atoms with E-state index in [2.05, 4.69) is 6.58 Å². The molecule has 0 aromatic carbocycles. The van der Waals surface area contributed by atoms with Gasteiger partial charge in [-0.3, -0.25) is 0 Å². The van der Waals surface area contributed by atoms with Gasteiger partial charge < -0.3 is 14.7 Å². The van der Waals surface area contributed by atoms with Gasteiger partial charge >= 0.3 is 5.97 Å². The lowest BCUT2D eigenvalue weighted by Gasteiger charge is -2.22. The van der Waals surface area contributed by atoms with Gasteiger partial charge in [-0.05, 0) is 27.4 Å². The van der Waals surface area contributed by atoms with Crippen LogP contribution < -0.4 is 0 Å². The van der Waals surface area contributed by atoms with Gasteiger partial charge in [0.05, 0.1) is 0 Å². The molecule has 0 saturated carbocycles. The van der Waals surface area contributed by atoms with Crippen LogP contribution in [-0.4, -0.2) is 49.3 Å². The number of nitrogens with zero attached hydrogens (tertiary/aromatic N) is 1. The van der Waals surface area contributed by atoms with Gasteiger partial charge in [0.15, 0.2) is 0 Å². The standard InChI is InChI=1S/C10H19NO3/c1-8(2)10(13)14-7-9(5-6-12)11(3)4/h9,12H,1,5-7H2,2-4H3. The number of ether oxygens (including phenoxy) is 1. The van der Waals surface area contributed by atoms with Crippen LogP contribution in [0.15, 0.2) is 12.2 Å². The zero-order valence-corrected chi connectivity index (χ0v) is 9.12. The number of carbonyl (C=O) groups is 1. The molecular weight excluding hydrogens is 182 g/mol. The highest BCUT2D eigenvalue weighted by Gasteiger charge is 2.13. The fraction of sp³-hybridized carbons (Fsp3) is 0.700. The highest BCUT2D eigenvalue weighted by Crippen LogP contribution is 2.02. The van der Waals surface area contributed by atoms with E-state index in [1.807, 2.05) is 19.0 Å². The molecule has 0 amide bonds. The molecule has 0 heterocycles. The van der Waals surface area contributed by atoms with Crippen molar-refractivity contribution in [1.29, 1.82) is 0 Å². The number of hydrogen-bond donors (Lipinski definition) is 1. The van der Waals surface area contributed by atoms with Gasteiger partial charge in [-0.2, -0.15) is 0 Å². The summed E-state index contributed by atoms with van der Waals surface area (Å²) in [6.45, 7) is 5.48. The SMILES string of the molecule is C=C(C)C(=O)OCC(CCO)N(C)C. The molecular formula is C10H19NO3. The summed E-state index contributed by atoms with van der Waals surface area (Å²) in [4.78, 5) is 13.0. The van der Waals surface area contributed by atoms with Crippen molar-refractivity contribution in [2.75, 3.05) is 27.3 Å². The lowest BCUT2D eigenvalue weighted by atomic mass is 10.2. The molecule has 4 heteroatoms. The molecule has 0 saturated heterocycles. The maximum absolute atomic E-state index is 11.1. The molecule has 14 heavy (non-hydrogen) atoms. The molecule has 0 aromatic heterocycles. The molecule has 0 spiro atoms. The van der Waals surface area contributed by atoms with Crippen molar-refractivity contribution in [1.82, 2.24) is 4.90 Å². The average molecular weight is 201 g/mol. The minimum absolute atomic E-state index is 0.0586. The molecule has 1 N–H and O–H groups in total. The molecule has 82 valence electrons. The predicted molar refractivity (Wildman–Crippen MR) is 55.0 cm³/mol. The van der Waals surface area contributed by atoms with Gasteiger partial charge in [-0.15, -0.1) is 0 Å². The molecule has 1 unspecified atom stereocenters. The first-order chi connectivity index (χ1) is 6.49. The molecule has 0 aromatic rings. The highest BCUT2D eigenvalue weighted by atomic mass is 16.5. The summed E-state index contributed by atoms with van der Waals surface area (Å²) in [5, 5.41) is 8.78. The fourth-order valence-electron chi connectivity index (χ4n) is 0.935. The molecule has 0 rings (SSSR count). The van der Waals surface area contributed by atoms with E-state index in [0.29, 0.717) is 18.6 Å². The van der Waals surface area contributed by atoms with Crippen LogP contribution in [0.4, 0.5) is 0 Å². The largest absolute Gasteiger partial charge is 0.461 e. The zero-order valence-electron chi connectivity index (χ0n) is 9.12. The molecule has 0 aliphatic rings. The van der Waals surface area contributed by atoms with E-state index < -0.39 is 0 Å². The summed E-state index contributed by atoms with van der Waals surface area (Å²) < 4.78 is 4.99. The van der Waals surface area contributed by atoms with Gasteiger partial charge in [0, 0.05) is 18.2 Å². The monoisotopic (exact) mass is 201 g/mol. The first kappa shape index (κ1) is 13.1. The van der Waals surface area contributed by atoms with Gasteiger partial charge in [-0.25, -0.2) is 4.79 Å². The van der Waals surface area contributed by atoms with E-state index in [0.717, 1.165) is 0 Å². The first-order valence-corrected chi connectivity index (χ1v) is 4.59. The molecule has 0 aliphatic heterocycles. The number of likely N-dealkylation sites (N-methyl/N-ethyl adjacent to an activating group) is 1. The first-order valence-electron chi connectivity index (χ1n) is 4.59. The second-order valence-electron chi connectivity index (χ2n) is 3.51. The molecule has 1 atom stereocenters. The van der Waals surface area contributed by atoms with Crippen LogP contribution >= 0.6 is 0 Å². The molecule has 4 nitrogen and oxygen atoms in total. The molecule has 0 aliphatic carbocycles. The maximum atomic E-state index is 11.1. The maximum Gasteiger partial charge on any atom is 0.333 e. The van der Waals surface area contributed by atoms with Crippen LogP contribution in [0.1, 0.15) is 13.3 Å². The number of esters is 1. The van der Waals surface area contributed by atoms with Crippen molar-refractivity contribution in [2.45, 2.75) is 19.4 Å². The molecule has 0 radical (unpaired) electrons. The Labute approximate surface area is 85.2 Å². The lowest BCUT2D eigenvalue weighted by Crippen LogP contribution is -2.34. The normalized spacial score (nSPS) is 12.6. The summed E-state index contributed by atoms with van der Waals surface area (Å²) >= 11 is 0. The smallest absolute Gasteiger partial charge is 0.333 e. The predicted octanol–water partition coefficient (Wildman–Crippen LogP) is 0.418. The number of aliphatic hydroxyl groups is 1. The van der Waals surface area contributed by atoms with Crippen molar-refractivity contribution >= 4 is 5.97 Å². The highest BCUT2D eigenvalue weighted by molar-refractivity contribution is 5.86. The van der Waals surface area contributed by atoms with E-state index >= 15 is 0 Å². The Morgan fingerprint density at radius 1 is 1.57 bits per heavy atom. The summed E-state index contributed by atoms with van der Waals surface area (Å²) in [5.74, 6) is -0.380. The second kappa shape index (κ2) is 6.56. The lowest BCUT2D eigenvalue weighted by molar-refractivity contribution is -0.140. The number of rotatable bonds is 6. The topological polar surface area (TPSA) is 49.8 Å². The van der Waals surface area contributed by atoms with E-state index in [1.165, 1.54) is 0 Å². The summed E-state index contributed by atoms with van der Waals surface area (Å²) in [5.41, 5.74) is 0.395. The Hall–Kier alpha value is -0.870. The van der Waals surface area contributed by atoms with Crippen LogP contribution in [0.25, 0.3) is 0 Å². The molecule has 0 fully saturated rings. The van der Waals surface area contributed by atoms with Gasteiger partial charge in [-0.1, -0.05) is 6.58 Å². The van der Waals surface area contributed by atoms with Crippen molar-refractivity contribution in [3.05, 3.63) is 12.2 Å². The Kier molecular flexibility index (Phi) is 6.16. The Morgan fingerprint density at radius 3 is 2.50 bits per heavy atom. The number of carbonyl (C=O) groups excluding carboxylic acids is 1. The Bertz CT molecular complexity index is 202. The summed E-state index contributed by atoms with van der Waals surface area (Å²) in [6.07, 6.45) is 0.594. The van der Waals surface area contributed by atoms with Crippen LogP contribution in [0, 0.1) is 0 Å². The van der Waals surface area contributed by atoms with Crippen LogP contribution in [-0.2, 0) is 9.53 Å². The van der Waals surface area contributed by atoms with Crippen molar-refractivity contribution in [3.8, 4) is 0 Å². The van der Waals surface area contributed by atoms with Crippen LogP contribution in [0.3, 0.4) is 0 Å². The quantitative estimate of drug-likeness (QED) is 0.500. The fourth-order valence-corrected chi connectivity index (χ4v) is 0.935. The third-order valence-corrected chi connectivity index (χ3v) is 1.95. The summed E-state index contributed by atoms with van der Waals surface area (Å²) in [7, 11) is 3.77. The van der Waals surface area contributed by atoms with Crippen molar-refractivity contribution in [2.24, 2.45) is 0 Å². The van der Waals surface area contributed by atoms with Crippen molar-refractivity contribution < 1.29 is 14.6 Å². The third kappa shape index (κ3) is 4.99. The van der Waals surface area contributed by atoms with Gasteiger partial charge in [0.2, 0.25) is 0 Å². The van der Waals surface area contributed by atoms with Gasteiger partial charge in [0.25, 0.3) is 0 Å². The van der Waals surface area contributed by atoms with Crippen LogP contribution in [0.5, 0.6) is 0 Å². The molecule has 0 bridgehead atoms. The minimum Gasteiger partial charge on any atom is -0.461 e. The summed E-state index contributed by atoms with van der Waals surface area (Å²) in [6, 6.07) is 0.0586. The average Bonchev–Trinajstić information content (AvgIpc) is 2.10. The van der Waals surface area contributed by atoms with E-state index in [9.17, 15) is 4.79 Å². The third-order valence-electron chi connectivity index (χ3n) is 1.95. The van der Waals surface area contributed by atoms with Crippen LogP contribution in [0.2, 0.25) is 0 Å². The number of aliphatic hydroxyl groups excluding tert-OH is 1. The van der Waals surface area contributed by atoms with E-state index in [1.54, 1.807) is 6.92 Å². The number of hydrogen-bond acceptors (Lipinski definition) is 4.